The Hall–Kier alpha value is -1.06. The van der Waals surface area contributed by atoms with Gasteiger partial charge in [0.1, 0.15) is 12.4 Å². The Balaban J connectivity index is 3.34. The van der Waals surface area contributed by atoms with Gasteiger partial charge in [-0.05, 0) is 35.6 Å². The minimum Gasteiger partial charge on any atom is -0.302 e. The van der Waals surface area contributed by atoms with Gasteiger partial charge in [0.25, 0.3) is 0 Å². The van der Waals surface area contributed by atoms with Crippen molar-refractivity contribution in [2.75, 3.05) is 17.3 Å². The summed E-state index contributed by atoms with van der Waals surface area (Å²) >= 11 is 11.1. The topological polar surface area (TPSA) is 37.4 Å². The number of hydrogen-bond acceptors (Lipinski definition) is 2. The van der Waals surface area contributed by atoms with Crippen molar-refractivity contribution in [3.63, 3.8) is 0 Å². The van der Waals surface area contributed by atoms with Gasteiger partial charge in [0.05, 0.1) is 5.69 Å². The van der Waals surface area contributed by atoms with Crippen molar-refractivity contribution in [2.24, 2.45) is 0 Å². The first-order chi connectivity index (χ1) is 9.04. The molecule has 0 aliphatic carbocycles. The van der Waals surface area contributed by atoms with Crippen molar-refractivity contribution in [1.82, 2.24) is 0 Å². The Morgan fingerprint density at radius 1 is 1.16 bits per heavy atom. The van der Waals surface area contributed by atoms with Crippen molar-refractivity contribution in [2.45, 2.75) is 26.7 Å². The summed E-state index contributed by atoms with van der Waals surface area (Å²) in [5, 5.41) is -0.577. The summed E-state index contributed by atoms with van der Waals surface area (Å²) in [6.07, 6.45) is 1.54. The van der Waals surface area contributed by atoms with Gasteiger partial charge in [-0.3, -0.25) is 9.59 Å². The van der Waals surface area contributed by atoms with E-state index < -0.39 is 5.24 Å². The van der Waals surface area contributed by atoms with Crippen molar-refractivity contribution < 1.29 is 9.59 Å². The number of halogens is 2. The van der Waals surface area contributed by atoms with Gasteiger partial charge >= 0.3 is 0 Å². The minimum absolute atomic E-state index is 0.156. The first-order valence-electron chi connectivity index (χ1n) is 6.20. The lowest BCUT2D eigenvalue weighted by molar-refractivity contribution is -0.118. The van der Waals surface area contributed by atoms with Crippen LogP contribution < -0.4 is 4.90 Å². The fourth-order valence-electron chi connectivity index (χ4n) is 2.05. The van der Waals surface area contributed by atoms with Crippen molar-refractivity contribution in [3.8, 4) is 0 Å². The monoisotopic (exact) mass is 301 g/mol. The molecule has 0 unspecified atom stereocenters. The van der Waals surface area contributed by atoms with E-state index in [0.29, 0.717) is 0 Å². The van der Waals surface area contributed by atoms with E-state index in [1.165, 1.54) is 4.90 Å². The number of nitrogens with zero attached hydrogens (tertiary/aromatic N) is 1. The summed E-state index contributed by atoms with van der Waals surface area (Å²) in [5.41, 5.74) is 2.79. The lowest BCUT2D eigenvalue weighted by atomic mass is 10.0. The predicted octanol–water partition coefficient (Wildman–Crippen LogP) is 3.15. The van der Waals surface area contributed by atoms with Crippen LogP contribution in [0.15, 0.2) is 18.2 Å². The van der Waals surface area contributed by atoms with E-state index in [4.69, 9.17) is 23.2 Å². The van der Waals surface area contributed by atoms with Crippen LogP contribution in [-0.4, -0.2) is 23.6 Å². The Kier molecular flexibility index (Phi) is 6.32. The quantitative estimate of drug-likeness (QED) is 0.598. The van der Waals surface area contributed by atoms with E-state index in [2.05, 4.69) is 0 Å². The van der Waals surface area contributed by atoms with Gasteiger partial charge < -0.3 is 4.90 Å². The first kappa shape index (κ1) is 16.0. The number of carbonyl (C=O) groups excluding carboxylic acids is 2. The fourth-order valence-corrected chi connectivity index (χ4v) is 2.31. The molecule has 3 nitrogen and oxygen atoms in total. The number of hydrogen-bond donors (Lipinski definition) is 0. The van der Waals surface area contributed by atoms with Crippen LogP contribution in [0.5, 0.6) is 0 Å². The third-order valence-corrected chi connectivity index (χ3v) is 3.28. The SMILES string of the molecule is CCc1cccc(CC)c1N(CC(=O)Cl)C(=O)CCl. The molecule has 0 heterocycles. The molecule has 19 heavy (non-hydrogen) atoms. The number of carbonyl (C=O) groups is 2. The average molecular weight is 302 g/mol. The van der Waals surface area contributed by atoms with Crippen LogP contribution in [0.25, 0.3) is 0 Å². The molecule has 1 aromatic carbocycles. The summed E-state index contributed by atoms with van der Waals surface area (Å²) in [5.74, 6) is -0.489. The minimum atomic E-state index is -0.577. The van der Waals surface area contributed by atoms with Crippen LogP contribution in [0, 0.1) is 0 Å². The molecule has 1 aromatic rings. The van der Waals surface area contributed by atoms with Gasteiger partial charge in [-0.15, -0.1) is 11.6 Å². The molecule has 1 rings (SSSR count). The van der Waals surface area contributed by atoms with Crippen molar-refractivity contribution in [1.29, 1.82) is 0 Å². The summed E-state index contributed by atoms with van der Waals surface area (Å²) in [4.78, 5) is 24.5. The second-order valence-corrected chi connectivity index (χ2v) is 4.79. The number of rotatable bonds is 6. The zero-order valence-electron chi connectivity index (χ0n) is 11.1. The van der Waals surface area contributed by atoms with Crippen LogP contribution in [-0.2, 0) is 22.4 Å². The van der Waals surface area contributed by atoms with E-state index in [-0.39, 0.29) is 18.3 Å². The maximum atomic E-state index is 12.0. The predicted molar refractivity (Wildman–Crippen MR) is 79.1 cm³/mol. The Labute approximate surface area is 123 Å². The lowest BCUT2D eigenvalue weighted by Crippen LogP contribution is -2.36. The number of anilines is 1. The van der Waals surface area contributed by atoms with E-state index >= 15 is 0 Å². The summed E-state index contributed by atoms with van der Waals surface area (Å²) in [6.45, 7) is 3.85. The molecule has 0 aliphatic rings. The van der Waals surface area contributed by atoms with Crippen molar-refractivity contribution in [3.05, 3.63) is 29.3 Å². The molecule has 104 valence electrons. The summed E-state index contributed by atoms with van der Waals surface area (Å²) in [6, 6.07) is 5.84. The molecule has 0 fully saturated rings. The normalized spacial score (nSPS) is 10.3. The third-order valence-electron chi connectivity index (χ3n) is 2.93. The van der Waals surface area contributed by atoms with Gasteiger partial charge in [0, 0.05) is 0 Å². The highest BCUT2D eigenvalue weighted by Gasteiger charge is 2.22. The van der Waals surface area contributed by atoms with Gasteiger partial charge in [-0.1, -0.05) is 32.0 Å². The maximum Gasteiger partial charge on any atom is 0.242 e. The highest BCUT2D eigenvalue weighted by atomic mass is 35.5. The van der Waals surface area contributed by atoms with Crippen LogP contribution >= 0.6 is 23.2 Å². The lowest BCUT2D eigenvalue weighted by Gasteiger charge is -2.25. The summed E-state index contributed by atoms with van der Waals surface area (Å²) in [7, 11) is 0. The average Bonchev–Trinajstić information content (AvgIpc) is 2.42. The molecule has 0 aromatic heterocycles. The third kappa shape index (κ3) is 3.95. The van der Waals surface area contributed by atoms with Crippen LogP contribution in [0.4, 0.5) is 5.69 Å². The zero-order valence-corrected chi connectivity index (χ0v) is 12.6. The van der Waals surface area contributed by atoms with Crippen LogP contribution in [0.2, 0.25) is 0 Å². The summed E-state index contributed by atoms with van der Waals surface area (Å²) < 4.78 is 0. The van der Waals surface area contributed by atoms with Gasteiger partial charge in [-0.2, -0.15) is 0 Å². The van der Waals surface area contributed by atoms with Gasteiger partial charge in [-0.25, -0.2) is 0 Å². The van der Waals surface area contributed by atoms with E-state index in [1.54, 1.807) is 0 Å². The fraction of sp³-hybridized carbons (Fsp3) is 0.429. The maximum absolute atomic E-state index is 12.0. The number of benzene rings is 1. The Morgan fingerprint density at radius 3 is 2.05 bits per heavy atom. The molecule has 0 saturated heterocycles. The molecular formula is C14H17Cl2NO2. The number of para-hydroxylation sites is 1. The molecule has 0 radical (unpaired) electrons. The first-order valence-corrected chi connectivity index (χ1v) is 7.11. The molecule has 0 bridgehead atoms. The van der Waals surface area contributed by atoms with E-state index in [0.717, 1.165) is 29.7 Å². The highest BCUT2D eigenvalue weighted by molar-refractivity contribution is 6.64. The number of aryl methyl sites for hydroxylation is 2. The molecule has 0 N–H and O–H groups in total. The van der Waals surface area contributed by atoms with Gasteiger partial charge in [0.15, 0.2) is 0 Å². The Morgan fingerprint density at radius 2 is 1.68 bits per heavy atom. The number of amides is 1. The van der Waals surface area contributed by atoms with Crippen LogP contribution in [0.3, 0.4) is 0 Å². The largest absolute Gasteiger partial charge is 0.302 e. The molecule has 0 atom stereocenters. The van der Waals surface area contributed by atoms with Gasteiger partial charge in [0.2, 0.25) is 11.1 Å². The molecule has 5 heteroatoms. The second-order valence-electron chi connectivity index (χ2n) is 4.10. The van der Waals surface area contributed by atoms with E-state index in [9.17, 15) is 9.59 Å². The zero-order chi connectivity index (χ0) is 14.4. The molecule has 1 amide bonds. The molecule has 0 aliphatic heterocycles. The van der Waals surface area contributed by atoms with E-state index in [1.807, 2.05) is 32.0 Å². The number of alkyl halides is 1. The highest BCUT2D eigenvalue weighted by Crippen LogP contribution is 2.27. The molecule has 0 saturated carbocycles. The molecular weight excluding hydrogens is 285 g/mol. The standard InChI is InChI=1S/C14H17Cl2NO2/c1-3-10-6-5-7-11(4-2)14(10)17(9-12(16)18)13(19)8-15/h5-7H,3-4,8-9H2,1-2H3. The Bertz CT molecular complexity index is 452. The smallest absolute Gasteiger partial charge is 0.242 e. The van der Waals surface area contributed by atoms with Crippen LogP contribution in [0.1, 0.15) is 25.0 Å². The van der Waals surface area contributed by atoms with Crippen molar-refractivity contribution >= 4 is 40.0 Å². The molecule has 0 spiro atoms. The second kappa shape index (κ2) is 7.51.